The van der Waals surface area contributed by atoms with Crippen molar-refractivity contribution < 1.29 is 22.1 Å². The second-order valence-corrected chi connectivity index (χ2v) is 7.43. The first-order valence-electron chi connectivity index (χ1n) is 5.93. The molecule has 0 saturated heterocycles. The third kappa shape index (κ3) is 3.77. The van der Waals surface area contributed by atoms with E-state index < -0.39 is 10.1 Å². The summed E-state index contributed by atoms with van der Waals surface area (Å²) in [6.45, 7) is 0.210. The standard InChI is InChI=1S/C12H16O5S2/c1-16-12(13)11-6-9-5-8(3-4-10(9)18-11)7-17-19(2,14)15/h6,8H,3-5,7H2,1-2H3. The Morgan fingerprint density at radius 1 is 1.53 bits per heavy atom. The second-order valence-electron chi connectivity index (χ2n) is 4.65. The number of rotatable bonds is 4. The van der Waals surface area contributed by atoms with E-state index in [1.807, 2.05) is 6.07 Å². The Kier molecular flexibility index (Phi) is 4.27. The summed E-state index contributed by atoms with van der Waals surface area (Å²) in [5, 5.41) is 0. The summed E-state index contributed by atoms with van der Waals surface area (Å²) in [4.78, 5) is 13.3. The van der Waals surface area contributed by atoms with Gasteiger partial charge in [-0.1, -0.05) is 0 Å². The third-order valence-electron chi connectivity index (χ3n) is 3.09. The Labute approximate surface area is 116 Å². The lowest BCUT2D eigenvalue weighted by Crippen LogP contribution is -2.19. The molecule has 0 aromatic carbocycles. The van der Waals surface area contributed by atoms with Gasteiger partial charge in [-0.3, -0.25) is 4.18 Å². The van der Waals surface area contributed by atoms with E-state index in [0.29, 0.717) is 4.88 Å². The van der Waals surface area contributed by atoms with Gasteiger partial charge in [0.1, 0.15) is 4.88 Å². The zero-order chi connectivity index (χ0) is 14.0. The van der Waals surface area contributed by atoms with E-state index in [2.05, 4.69) is 0 Å². The van der Waals surface area contributed by atoms with Crippen LogP contribution in [-0.2, 0) is 31.9 Å². The summed E-state index contributed by atoms with van der Waals surface area (Å²) in [6.07, 6.45) is 3.54. The molecule has 1 aromatic heterocycles. The number of ether oxygens (including phenoxy) is 1. The summed E-state index contributed by atoms with van der Waals surface area (Å²) in [6, 6.07) is 1.85. The number of hydrogen-bond donors (Lipinski definition) is 0. The van der Waals surface area contributed by atoms with Crippen molar-refractivity contribution in [3.05, 3.63) is 21.4 Å². The Balaban J connectivity index is 2.03. The Morgan fingerprint density at radius 3 is 2.89 bits per heavy atom. The SMILES string of the molecule is COC(=O)c1cc2c(s1)CCC(COS(C)(=O)=O)C2. The van der Waals surface area contributed by atoms with Crippen LogP contribution in [0, 0.1) is 5.92 Å². The van der Waals surface area contributed by atoms with Gasteiger partial charge in [-0.05, 0) is 36.8 Å². The van der Waals surface area contributed by atoms with Crippen LogP contribution in [0.1, 0.15) is 26.5 Å². The molecule has 0 spiro atoms. The van der Waals surface area contributed by atoms with E-state index in [1.165, 1.54) is 23.3 Å². The molecule has 1 unspecified atom stereocenters. The molecule has 0 bridgehead atoms. The van der Waals surface area contributed by atoms with Crippen molar-refractivity contribution in [3.8, 4) is 0 Å². The number of carbonyl (C=O) groups is 1. The Hall–Kier alpha value is -0.920. The van der Waals surface area contributed by atoms with Crippen LogP contribution in [0.4, 0.5) is 0 Å². The fourth-order valence-corrected chi connectivity index (χ4v) is 3.73. The van der Waals surface area contributed by atoms with E-state index in [9.17, 15) is 13.2 Å². The molecule has 0 amide bonds. The van der Waals surface area contributed by atoms with Crippen LogP contribution in [-0.4, -0.2) is 34.4 Å². The molecule has 1 aliphatic rings. The van der Waals surface area contributed by atoms with Crippen LogP contribution in [0.2, 0.25) is 0 Å². The number of carbonyl (C=O) groups excluding carboxylic acids is 1. The molecule has 0 fully saturated rings. The fourth-order valence-electron chi connectivity index (χ4n) is 2.16. The first-order valence-corrected chi connectivity index (χ1v) is 8.56. The molecule has 0 aliphatic heterocycles. The molecular formula is C12H16O5S2. The minimum atomic E-state index is -3.38. The lowest BCUT2D eigenvalue weighted by Gasteiger charge is -2.21. The van der Waals surface area contributed by atoms with Crippen molar-refractivity contribution in [2.45, 2.75) is 19.3 Å². The van der Waals surface area contributed by atoms with Crippen molar-refractivity contribution in [2.24, 2.45) is 5.92 Å². The van der Waals surface area contributed by atoms with Gasteiger partial charge in [0, 0.05) is 4.88 Å². The molecule has 7 heteroatoms. The van der Waals surface area contributed by atoms with Crippen LogP contribution in [0.25, 0.3) is 0 Å². The summed E-state index contributed by atoms with van der Waals surface area (Å²) < 4.78 is 31.5. The van der Waals surface area contributed by atoms with Gasteiger partial charge in [-0.15, -0.1) is 11.3 Å². The number of thiophene rings is 1. The van der Waals surface area contributed by atoms with Gasteiger partial charge in [-0.2, -0.15) is 8.42 Å². The van der Waals surface area contributed by atoms with Gasteiger partial charge < -0.3 is 4.74 Å². The number of methoxy groups -OCH3 is 1. The first kappa shape index (κ1) is 14.5. The molecule has 19 heavy (non-hydrogen) atoms. The van der Waals surface area contributed by atoms with Crippen LogP contribution in [0.5, 0.6) is 0 Å². The number of aryl methyl sites for hydroxylation is 1. The number of fused-ring (bicyclic) bond motifs is 1. The van der Waals surface area contributed by atoms with Crippen LogP contribution >= 0.6 is 11.3 Å². The molecule has 1 heterocycles. The molecule has 1 aliphatic carbocycles. The first-order chi connectivity index (χ1) is 8.89. The summed E-state index contributed by atoms with van der Waals surface area (Å²) in [5.41, 5.74) is 1.11. The quantitative estimate of drug-likeness (QED) is 0.624. The maximum Gasteiger partial charge on any atom is 0.348 e. The molecule has 0 saturated carbocycles. The van der Waals surface area contributed by atoms with Crippen molar-refractivity contribution >= 4 is 27.4 Å². The zero-order valence-electron chi connectivity index (χ0n) is 10.8. The molecule has 106 valence electrons. The number of esters is 1. The normalized spacial score (nSPS) is 18.9. The van der Waals surface area contributed by atoms with Gasteiger partial charge >= 0.3 is 5.97 Å². The summed E-state index contributed by atoms with van der Waals surface area (Å²) in [5.74, 6) is -0.134. The van der Waals surface area contributed by atoms with E-state index in [-0.39, 0.29) is 18.5 Å². The monoisotopic (exact) mass is 304 g/mol. The van der Waals surface area contributed by atoms with E-state index >= 15 is 0 Å². The highest BCUT2D eigenvalue weighted by Gasteiger charge is 2.24. The molecule has 1 aromatic rings. The van der Waals surface area contributed by atoms with Gasteiger partial charge in [0.25, 0.3) is 10.1 Å². The Morgan fingerprint density at radius 2 is 2.26 bits per heavy atom. The molecular weight excluding hydrogens is 288 g/mol. The highest BCUT2D eigenvalue weighted by molar-refractivity contribution is 7.85. The van der Waals surface area contributed by atoms with Gasteiger partial charge in [0.15, 0.2) is 0 Å². The molecule has 2 rings (SSSR count). The van der Waals surface area contributed by atoms with Crippen molar-refractivity contribution in [1.29, 1.82) is 0 Å². The van der Waals surface area contributed by atoms with Crippen LogP contribution in [0.3, 0.4) is 0 Å². The lowest BCUT2D eigenvalue weighted by atomic mass is 9.89. The zero-order valence-corrected chi connectivity index (χ0v) is 12.5. The minimum absolute atomic E-state index is 0.183. The predicted octanol–water partition coefficient (Wildman–Crippen LogP) is 1.62. The molecule has 0 radical (unpaired) electrons. The average Bonchev–Trinajstić information content (AvgIpc) is 2.77. The summed E-state index contributed by atoms with van der Waals surface area (Å²) in [7, 11) is -2.02. The maximum atomic E-state index is 11.5. The smallest absolute Gasteiger partial charge is 0.348 e. The predicted molar refractivity (Wildman–Crippen MR) is 72.0 cm³/mol. The second kappa shape index (κ2) is 5.60. The van der Waals surface area contributed by atoms with Gasteiger partial charge in [-0.25, -0.2) is 4.79 Å². The van der Waals surface area contributed by atoms with E-state index in [4.69, 9.17) is 8.92 Å². The molecule has 1 atom stereocenters. The Bertz CT molecular complexity index is 573. The van der Waals surface area contributed by atoms with E-state index in [0.717, 1.165) is 31.1 Å². The highest BCUT2D eigenvalue weighted by Crippen LogP contribution is 2.32. The third-order valence-corrected chi connectivity index (χ3v) is 4.87. The minimum Gasteiger partial charge on any atom is -0.465 e. The summed E-state index contributed by atoms with van der Waals surface area (Å²) >= 11 is 1.46. The van der Waals surface area contributed by atoms with Crippen molar-refractivity contribution in [2.75, 3.05) is 20.0 Å². The number of hydrogen-bond acceptors (Lipinski definition) is 6. The van der Waals surface area contributed by atoms with Crippen molar-refractivity contribution in [1.82, 2.24) is 0 Å². The largest absolute Gasteiger partial charge is 0.465 e. The van der Waals surface area contributed by atoms with Crippen molar-refractivity contribution in [3.63, 3.8) is 0 Å². The van der Waals surface area contributed by atoms with Crippen LogP contribution < -0.4 is 0 Å². The fraction of sp³-hybridized carbons (Fsp3) is 0.583. The van der Waals surface area contributed by atoms with E-state index in [1.54, 1.807) is 0 Å². The van der Waals surface area contributed by atoms with Gasteiger partial charge in [0.2, 0.25) is 0 Å². The van der Waals surface area contributed by atoms with Crippen LogP contribution in [0.15, 0.2) is 6.07 Å². The average molecular weight is 304 g/mol. The van der Waals surface area contributed by atoms with Gasteiger partial charge in [0.05, 0.1) is 20.0 Å². The molecule has 0 N–H and O–H groups in total. The molecule has 5 nitrogen and oxygen atoms in total. The topological polar surface area (TPSA) is 69.7 Å². The highest BCUT2D eigenvalue weighted by atomic mass is 32.2. The lowest BCUT2D eigenvalue weighted by molar-refractivity contribution is 0.0606. The maximum absolute atomic E-state index is 11.5.